The molecule has 460 valence electrons. The van der Waals surface area contributed by atoms with Crippen LogP contribution >= 0.6 is 28.5 Å². The average molecular weight is 1170 g/mol. The van der Waals surface area contributed by atoms with Crippen molar-refractivity contribution in [3.05, 3.63) is 0 Å². The number of hydrogen-bond acceptors (Lipinski definition) is 16. The average Bonchev–Trinajstić information content (AvgIpc) is 3.39. The van der Waals surface area contributed by atoms with Gasteiger partial charge in [0, 0.05) is 0 Å². The van der Waals surface area contributed by atoms with Crippen molar-refractivity contribution in [2.45, 2.75) is 190 Å². The van der Waals surface area contributed by atoms with Gasteiger partial charge in [0.15, 0.2) is 0 Å². The van der Waals surface area contributed by atoms with E-state index in [0.29, 0.717) is 0 Å². The maximum absolute atomic E-state index is 14.0. The Morgan fingerprint density at radius 3 is 0.421 bits per heavy atom. The molecule has 0 aliphatic carbocycles. The van der Waals surface area contributed by atoms with E-state index in [0.717, 1.165) is 181 Å². The summed E-state index contributed by atoms with van der Waals surface area (Å²) in [6, 6.07) is 0. The summed E-state index contributed by atoms with van der Waals surface area (Å²) in [6.07, 6.45) is 10.6. The zero-order chi connectivity index (χ0) is 59.3. The monoisotopic (exact) mass is 1160 g/mol. The van der Waals surface area contributed by atoms with E-state index in [1.807, 2.05) is 0 Å². The Labute approximate surface area is 470 Å². The van der Waals surface area contributed by atoms with Gasteiger partial charge in [-0.05, 0) is 0 Å². The fraction of sp³-hybridized carbons (Fsp3) is 0.929. The first-order valence-corrected chi connectivity index (χ1v) is 41.5. The van der Waals surface area contributed by atoms with Gasteiger partial charge in [-0.15, -0.1) is 0 Å². The summed E-state index contributed by atoms with van der Waals surface area (Å²) in [7, 11) is -13.7. The van der Waals surface area contributed by atoms with Crippen LogP contribution in [0.25, 0.3) is 0 Å². The summed E-state index contributed by atoms with van der Waals surface area (Å²) in [5, 5.41) is 0. The van der Waals surface area contributed by atoms with Crippen LogP contribution in [0.5, 0.6) is 0 Å². The molecule has 0 aliphatic heterocycles. The molecule has 0 rings (SSSR count). The molecular weight excluding hydrogens is 1040 g/mol. The first-order valence-electron chi connectivity index (χ1n) is 30.7. The number of rotatable bonds is 40. The van der Waals surface area contributed by atoms with Gasteiger partial charge in [-0.25, -0.2) is 0 Å². The SMILES string of the molecule is CCCCP(C)(OC(=O)C(=O)OP(C)(CCCC)(N(CC)CC)N(CC)CC)(N(CC)CC)N(CC)CC.CCCCP(C)(OC(=O)C(=O)OP(C)(CCCC)(N(CC)CC)N(CC)CC)(N(CC)CC)N(CC)CC. The molecule has 0 saturated heterocycles. The van der Waals surface area contributed by atoms with Crippen LogP contribution in [-0.4, -0.2) is 217 Å². The second-order valence-electron chi connectivity index (χ2n) is 21.2. The van der Waals surface area contributed by atoms with Crippen molar-refractivity contribution >= 4 is 52.4 Å². The normalized spacial score (nSPS) is 14.9. The molecule has 0 radical (unpaired) electrons. The topological polar surface area (TPSA) is 131 Å². The number of unbranched alkanes of at least 4 members (excludes halogenated alkanes) is 4. The summed E-state index contributed by atoms with van der Waals surface area (Å²) in [6.45, 7) is 62.9. The van der Waals surface area contributed by atoms with Gasteiger partial charge in [-0.1, -0.05) is 0 Å². The van der Waals surface area contributed by atoms with Crippen molar-refractivity contribution < 1.29 is 37.3 Å². The molecule has 0 unspecified atom stereocenters. The number of nitrogens with zero attached hydrogens (tertiary/aromatic N) is 8. The third-order valence-corrected chi connectivity index (χ3v) is 41.4. The van der Waals surface area contributed by atoms with Crippen LogP contribution in [-0.2, 0) is 37.3 Å². The Kier molecular flexibility index (Phi) is 35.3. The molecule has 76 heavy (non-hydrogen) atoms. The minimum atomic E-state index is -3.42. The van der Waals surface area contributed by atoms with E-state index < -0.39 is 52.4 Å². The van der Waals surface area contributed by atoms with Gasteiger partial charge in [0.2, 0.25) is 0 Å². The fourth-order valence-corrected chi connectivity index (χ4v) is 36.0. The number of hydrogen-bond donors (Lipinski definition) is 0. The van der Waals surface area contributed by atoms with Gasteiger partial charge in [0.05, 0.1) is 0 Å². The molecule has 0 N–H and O–H groups in total. The molecule has 0 saturated carbocycles. The first kappa shape index (κ1) is 77.3. The molecule has 0 aliphatic rings. The van der Waals surface area contributed by atoms with E-state index in [4.69, 9.17) is 18.1 Å². The van der Waals surface area contributed by atoms with Crippen molar-refractivity contribution in [3.8, 4) is 0 Å². The molecule has 0 aromatic carbocycles. The van der Waals surface area contributed by atoms with Crippen molar-refractivity contribution in [1.82, 2.24) is 37.4 Å². The van der Waals surface area contributed by atoms with E-state index in [1.165, 1.54) is 0 Å². The summed E-state index contributed by atoms with van der Waals surface area (Å²) >= 11 is 0. The van der Waals surface area contributed by atoms with Crippen molar-refractivity contribution in [2.24, 2.45) is 0 Å². The quantitative estimate of drug-likeness (QED) is 0.0425. The summed E-state index contributed by atoms with van der Waals surface area (Å²) in [5.74, 6) is -3.36. The summed E-state index contributed by atoms with van der Waals surface area (Å²) in [4.78, 5) is 55.8. The van der Waals surface area contributed by atoms with Crippen LogP contribution in [0, 0.1) is 0 Å². The third kappa shape index (κ3) is 16.7. The zero-order valence-electron chi connectivity index (χ0n) is 54.4. The molecule has 0 amide bonds. The molecule has 20 heteroatoms. The molecule has 0 aromatic heterocycles. The molecule has 0 bridgehead atoms. The number of carbonyl (C=O) groups excluding carboxylic acids is 4. The Balaban J connectivity index is 0. The second kappa shape index (κ2) is 34.7. The van der Waals surface area contributed by atoms with Crippen LogP contribution in [0.1, 0.15) is 190 Å². The maximum atomic E-state index is 14.0. The van der Waals surface area contributed by atoms with E-state index in [9.17, 15) is 19.2 Å². The Hall–Kier alpha value is -0.720. The predicted molar refractivity (Wildman–Crippen MR) is 338 cm³/mol. The van der Waals surface area contributed by atoms with E-state index in [-0.39, 0.29) is 0 Å². The fourth-order valence-electron chi connectivity index (χ4n) is 13.2. The van der Waals surface area contributed by atoms with Gasteiger partial charge in [-0.3, -0.25) is 0 Å². The predicted octanol–water partition coefficient (Wildman–Crippen LogP) is 13.8. The molecule has 0 heterocycles. The minimum absolute atomic E-state index is 0.738. The standard InChI is InChI=1S/2C28H64N4O4P2/c2*1-13-23-25-37(11,29(15-3)16-4,30(17-5)18-6)35-27(33)28(34)36-38(12,26-24-14-2,31(19-7)20-8)32(21-9)22-10/h2*13-26H2,1-12H3. The van der Waals surface area contributed by atoms with Crippen molar-refractivity contribution in [1.29, 1.82) is 0 Å². The third-order valence-electron chi connectivity index (χ3n) is 17.4. The van der Waals surface area contributed by atoms with Gasteiger partial charge >= 0.3 is 473 Å². The van der Waals surface area contributed by atoms with Gasteiger partial charge in [-0.2, -0.15) is 0 Å². The molecule has 0 atom stereocenters. The van der Waals surface area contributed by atoms with Gasteiger partial charge in [0.1, 0.15) is 0 Å². The van der Waals surface area contributed by atoms with Crippen LogP contribution in [0.15, 0.2) is 0 Å². The van der Waals surface area contributed by atoms with Gasteiger partial charge in [0.25, 0.3) is 0 Å². The number of carbonyl (C=O) groups is 4. The van der Waals surface area contributed by atoms with Crippen LogP contribution < -0.4 is 0 Å². The first-order chi connectivity index (χ1) is 35.7. The van der Waals surface area contributed by atoms with Gasteiger partial charge < -0.3 is 0 Å². The van der Waals surface area contributed by atoms with Crippen molar-refractivity contribution in [3.63, 3.8) is 0 Å². The van der Waals surface area contributed by atoms with E-state index in [1.54, 1.807) is 0 Å². The Morgan fingerprint density at radius 1 is 0.237 bits per heavy atom. The van der Waals surface area contributed by atoms with Crippen molar-refractivity contribution in [2.75, 3.05) is 156 Å². The van der Waals surface area contributed by atoms with E-state index >= 15 is 0 Å². The Morgan fingerprint density at radius 2 is 0.342 bits per heavy atom. The second-order valence-corrected chi connectivity index (χ2v) is 40.7. The molecule has 16 nitrogen and oxygen atoms in total. The Bertz CT molecular complexity index is 1400. The summed E-state index contributed by atoms with van der Waals surface area (Å²) < 4.78 is 45.0. The van der Waals surface area contributed by atoms with Crippen LogP contribution in [0.2, 0.25) is 0 Å². The van der Waals surface area contributed by atoms with Crippen LogP contribution in [0.3, 0.4) is 0 Å². The molecule has 0 spiro atoms. The zero-order valence-corrected chi connectivity index (χ0v) is 58.0. The summed E-state index contributed by atoms with van der Waals surface area (Å²) in [5.41, 5.74) is 0. The van der Waals surface area contributed by atoms with Crippen LogP contribution in [0.4, 0.5) is 0 Å². The van der Waals surface area contributed by atoms with E-state index in [2.05, 4.69) is 202 Å². The molecular formula is C56H128N8O8P4. The molecule has 0 aromatic rings. The molecule has 0 fully saturated rings.